The Bertz CT molecular complexity index is 1800. The van der Waals surface area contributed by atoms with Crippen LogP contribution in [0.3, 0.4) is 0 Å². The number of nitrogens with zero attached hydrogens (tertiary/aromatic N) is 3. The van der Waals surface area contributed by atoms with Crippen LogP contribution < -0.4 is 9.80 Å². The van der Waals surface area contributed by atoms with Crippen LogP contribution in [0.2, 0.25) is 0 Å². The van der Waals surface area contributed by atoms with Gasteiger partial charge in [0.1, 0.15) is 22.9 Å². The van der Waals surface area contributed by atoms with Crippen molar-refractivity contribution in [2.45, 2.75) is 11.8 Å². The molecule has 9 heteroatoms. The van der Waals surface area contributed by atoms with Crippen LogP contribution >= 0.6 is 23.2 Å². The zero-order valence-electron chi connectivity index (χ0n) is 22.7. The van der Waals surface area contributed by atoms with Gasteiger partial charge in [-0.15, -0.1) is 23.2 Å². The Morgan fingerprint density at radius 1 is 0.690 bits per heavy atom. The van der Waals surface area contributed by atoms with Gasteiger partial charge in [-0.25, -0.2) is 0 Å². The Morgan fingerprint density at radius 3 is 1.45 bits per heavy atom. The molecule has 7 nitrogen and oxygen atoms in total. The Hall–Kier alpha value is -4.20. The van der Waals surface area contributed by atoms with Crippen molar-refractivity contribution in [3.63, 3.8) is 0 Å². The largest absolute Gasteiger partial charge is 0.507 e. The molecule has 2 atom stereocenters. The number of aromatic hydroxyl groups is 2. The third-order valence-corrected chi connectivity index (χ3v) is 9.46. The average molecular weight is 601 g/mol. The number of alkyl halides is 2. The molecule has 0 bridgehead atoms. The molecule has 0 unspecified atom stereocenters. The van der Waals surface area contributed by atoms with Gasteiger partial charge >= 0.3 is 0 Å². The van der Waals surface area contributed by atoms with Gasteiger partial charge in [0, 0.05) is 66.6 Å². The lowest BCUT2D eigenvalue weighted by atomic mass is 9.95. The van der Waals surface area contributed by atoms with Crippen LogP contribution in [0.25, 0.3) is 21.5 Å². The van der Waals surface area contributed by atoms with Crippen LogP contribution in [0.4, 0.5) is 11.4 Å². The first-order chi connectivity index (χ1) is 20.3. The number of phenolic OH excluding ortho intramolecular Hbond substituents is 2. The second-order valence-corrected chi connectivity index (χ2v) is 11.6. The van der Waals surface area contributed by atoms with Gasteiger partial charge in [0.25, 0.3) is 11.8 Å². The number of carbonyl (C=O) groups excluding carboxylic acids is 2. The predicted molar refractivity (Wildman–Crippen MR) is 167 cm³/mol. The highest BCUT2D eigenvalue weighted by Crippen LogP contribution is 2.47. The van der Waals surface area contributed by atoms with Crippen molar-refractivity contribution in [3.05, 3.63) is 95.3 Å². The number of phenols is 2. The zero-order valence-corrected chi connectivity index (χ0v) is 24.2. The van der Waals surface area contributed by atoms with Crippen LogP contribution in [0.1, 0.15) is 43.9 Å². The summed E-state index contributed by atoms with van der Waals surface area (Å²) in [5, 5.41) is 24.7. The van der Waals surface area contributed by atoms with Gasteiger partial charge in [-0.05, 0) is 34.0 Å². The van der Waals surface area contributed by atoms with E-state index in [2.05, 4.69) is 0 Å². The summed E-state index contributed by atoms with van der Waals surface area (Å²) in [5.41, 5.74) is 3.78. The first-order valence-electron chi connectivity index (χ1n) is 13.7. The maximum absolute atomic E-state index is 14.0. The van der Waals surface area contributed by atoms with Crippen LogP contribution in [0, 0.1) is 0 Å². The van der Waals surface area contributed by atoms with Crippen molar-refractivity contribution in [1.29, 1.82) is 0 Å². The molecule has 7 rings (SSSR count). The van der Waals surface area contributed by atoms with E-state index in [1.165, 1.54) is 0 Å². The van der Waals surface area contributed by atoms with Gasteiger partial charge in [-0.2, -0.15) is 0 Å². The number of fused-ring (bicyclic) bond motifs is 6. The number of anilines is 2. The topological polar surface area (TPSA) is 86.0 Å². The molecule has 3 heterocycles. The highest BCUT2D eigenvalue weighted by molar-refractivity contribution is 6.20. The highest BCUT2D eigenvalue weighted by Gasteiger charge is 2.38. The summed E-state index contributed by atoms with van der Waals surface area (Å²) in [7, 11) is 1.70. The molecule has 2 aliphatic rings. The standard InChI is InChI=1S/C33H27Cl2N3O4/c1-36-24(32(41)37-16-18(14-34)30-22-8-4-2-6-20(22)28(39)12-26(30)37)10-11-25(36)33(42)38-17-19(15-35)31-23-9-5-3-7-21(23)29(40)13-27(31)38/h2-13,18-19,39-40H,14-17H2,1H3/t18-,19-/m1/s1. The first kappa shape index (κ1) is 26.7. The van der Waals surface area contributed by atoms with Gasteiger partial charge in [-0.1, -0.05) is 48.5 Å². The van der Waals surface area contributed by atoms with E-state index in [0.717, 1.165) is 21.9 Å². The average Bonchev–Trinajstić information content (AvgIpc) is 3.70. The number of carbonyl (C=O) groups is 2. The molecular formula is C33H27Cl2N3O4. The number of rotatable bonds is 4. The molecule has 42 heavy (non-hydrogen) atoms. The van der Waals surface area contributed by atoms with Crippen LogP contribution in [0.15, 0.2) is 72.8 Å². The molecule has 2 amide bonds. The molecular weight excluding hydrogens is 573 g/mol. The highest BCUT2D eigenvalue weighted by atomic mass is 35.5. The van der Waals surface area contributed by atoms with Crippen molar-refractivity contribution in [1.82, 2.24) is 4.57 Å². The molecule has 2 aliphatic heterocycles. The van der Waals surface area contributed by atoms with E-state index >= 15 is 0 Å². The minimum atomic E-state index is -0.288. The van der Waals surface area contributed by atoms with Crippen molar-refractivity contribution in [3.8, 4) is 11.5 Å². The number of hydrogen-bond donors (Lipinski definition) is 2. The lowest BCUT2D eigenvalue weighted by Crippen LogP contribution is -2.34. The maximum Gasteiger partial charge on any atom is 0.274 e. The molecule has 2 N–H and O–H groups in total. The smallest absolute Gasteiger partial charge is 0.274 e. The zero-order chi connectivity index (χ0) is 29.3. The minimum absolute atomic E-state index is 0.0949. The van der Waals surface area contributed by atoms with E-state index in [0.29, 0.717) is 58.4 Å². The Balaban J connectivity index is 1.26. The Morgan fingerprint density at radius 2 is 1.07 bits per heavy atom. The summed E-state index contributed by atoms with van der Waals surface area (Å²) in [6, 6.07) is 21.7. The van der Waals surface area contributed by atoms with E-state index in [-0.39, 0.29) is 35.1 Å². The SMILES string of the molecule is Cn1c(C(=O)N2C[C@@H](CCl)c3c2cc(O)c2ccccc32)ccc1C(=O)N1C[C@@H](CCl)c2c1cc(O)c1ccccc21. The molecule has 4 aromatic carbocycles. The number of halogens is 2. The molecule has 0 saturated carbocycles. The van der Waals surface area contributed by atoms with E-state index in [1.807, 2.05) is 48.5 Å². The van der Waals surface area contributed by atoms with E-state index in [9.17, 15) is 19.8 Å². The van der Waals surface area contributed by atoms with Gasteiger partial charge in [-0.3, -0.25) is 9.59 Å². The fourth-order valence-electron chi connectivity index (χ4n) is 6.71. The van der Waals surface area contributed by atoms with Crippen LogP contribution in [0.5, 0.6) is 11.5 Å². The number of amides is 2. The van der Waals surface area contributed by atoms with Crippen molar-refractivity contribution < 1.29 is 19.8 Å². The summed E-state index contributed by atoms with van der Waals surface area (Å²) in [6.45, 7) is 0.728. The fraction of sp³-hybridized carbons (Fsp3) is 0.212. The quantitative estimate of drug-likeness (QED) is 0.225. The van der Waals surface area contributed by atoms with Crippen molar-refractivity contribution in [2.24, 2.45) is 7.05 Å². The molecule has 212 valence electrons. The minimum Gasteiger partial charge on any atom is -0.507 e. The Kier molecular flexibility index (Phi) is 6.33. The van der Waals surface area contributed by atoms with Crippen molar-refractivity contribution in [2.75, 3.05) is 34.6 Å². The monoisotopic (exact) mass is 599 g/mol. The van der Waals surface area contributed by atoms with Gasteiger partial charge in [0.2, 0.25) is 0 Å². The van der Waals surface area contributed by atoms with E-state index in [1.54, 1.807) is 45.7 Å². The lowest BCUT2D eigenvalue weighted by Gasteiger charge is -2.21. The molecule has 0 saturated heterocycles. The molecule has 0 aliphatic carbocycles. The summed E-state index contributed by atoms with van der Waals surface area (Å²) >= 11 is 12.7. The van der Waals surface area contributed by atoms with Gasteiger partial charge < -0.3 is 24.6 Å². The predicted octanol–water partition coefficient (Wildman–Crippen LogP) is 6.71. The van der Waals surface area contributed by atoms with E-state index in [4.69, 9.17) is 23.2 Å². The summed E-state index contributed by atoms with van der Waals surface area (Å²) in [6.07, 6.45) is 0. The third-order valence-electron chi connectivity index (χ3n) is 8.71. The summed E-state index contributed by atoms with van der Waals surface area (Å²) < 4.78 is 1.61. The van der Waals surface area contributed by atoms with Crippen LogP contribution in [-0.2, 0) is 7.05 Å². The second-order valence-electron chi connectivity index (χ2n) is 10.9. The summed E-state index contributed by atoms with van der Waals surface area (Å²) in [5.74, 6) is 0.0468. The second kappa shape index (κ2) is 9.96. The fourth-order valence-corrected chi connectivity index (χ4v) is 7.21. The number of aromatic nitrogens is 1. The molecule has 0 radical (unpaired) electrons. The molecule has 1 aromatic heterocycles. The number of benzene rings is 4. The van der Waals surface area contributed by atoms with Gasteiger partial charge in [0.15, 0.2) is 0 Å². The lowest BCUT2D eigenvalue weighted by molar-refractivity contribution is 0.0975. The molecule has 0 spiro atoms. The first-order valence-corrected chi connectivity index (χ1v) is 14.8. The number of hydrogen-bond acceptors (Lipinski definition) is 4. The Labute approximate surface area is 252 Å². The van der Waals surface area contributed by atoms with Crippen molar-refractivity contribution >= 4 is 67.9 Å². The molecule has 0 fully saturated rings. The third kappa shape index (κ3) is 3.80. The summed E-state index contributed by atoms with van der Waals surface area (Å²) in [4.78, 5) is 31.3. The van der Waals surface area contributed by atoms with Crippen LogP contribution in [-0.4, -0.2) is 51.4 Å². The normalized spacial score (nSPS) is 17.7. The van der Waals surface area contributed by atoms with E-state index < -0.39 is 0 Å². The van der Waals surface area contributed by atoms with Gasteiger partial charge in [0.05, 0.1) is 11.4 Å². The maximum atomic E-state index is 14.0. The molecule has 5 aromatic rings.